The number of halogens is 1. The molecule has 0 aliphatic rings. The summed E-state index contributed by atoms with van der Waals surface area (Å²) in [6.45, 7) is 0. The van der Waals surface area contributed by atoms with Crippen molar-refractivity contribution < 1.29 is 4.92 Å². The highest BCUT2D eigenvalue weighted by molar-refractivity contribution is 6.33. The van der Waals surface area contributed by atoms with Crippen LogP contribution in [0.25, 0.3) is 0 Å². The summed E-state index contributed by atoms with van der Waals surface area (Å²) in [5, 5.41) is 23.1. The Hall–Kier alpha value is -2.78. The first-order valence-electron chi connectivity index (χ1n) is 5.52. The molecule has 0 aromatic heterocycles. The van der Waals surface area contributed by atoms with E-state index in [1.807, 2.05) is 0 Å². The van der Waals surface area contributed by atoms with Crippen molar-refractivity contribution in [3.63, 3.8) is 0 Å². The fourth-order valence-electron chi connectivity index (χ4n) is 1.66. The number of nitro benzene ring substituents is 1. The van der Waals surface area contributed by atoms with Gasteiger partial charge in [-0.25, -0.2) is 0 Å². The lowest BCUT2D eigenvalue weighted by molar-refractivity contribution is -0.385. The minimum Gasteiger partial charge on any atom is -0.399 e. The first-order valence-corrected chi connectivity index (χ1v) is 5.89. The molecule has 0 aliphatic heterocycles. The molecule has 0 unspecified atom stereocenters. The van der Waals surface area contributed by atoms with E-state index in [1.54, 1.807) is 24.3 Å². The van der Waals surface area contributed by atoms with Gasteiger partial charge in [0.2, 0.25) is 0 Å². The summed E-state index contributed by atoms with van der Waals surface area (Å²) in [5.74, 6) is 0. The number of nitriles is 1. The first-order chi connectivity index (χ1) is 9.51. The van der Waals surface area contributed by atoms with Gasteiger partial charge in [0, 0.05) is 17.4 Å². The zero-order valence-electron chi connectivity index (χ0n) is 10.1. The normalized spacial score (nSPS) is 9.80. The summed E-state index contributed by atoms with van der Waals surface area (Å²) < 4.78 is 0. The molecule has 0 bridgehead atoms. The standard InChI is InChI=1S/C13H9ClN4O2/c14-11-3-1-9(16)6-12(11)17-10-2-4-13(18(19)20)8(5-10)7-15/h1-6,17H,16H2. The SMILES string of the molecule is N#Cc1cc(Nc2cc(N)ccc2Cl)ccc1[N+](=O)[O-]. The van der Waals surface area contributed by atoms with Crippen molar-refractivity contribution in [1.29, 1.82) is 5.26 Å². The van der Waals surface area contributed by atoms with Crippen molar-refractivity contribution in [3.8, 4) is 6.07 Å². The Balaban J connectivity index is 2.38. The summed E-state index contributed by atoms with van der Waals surface area (Å²) in [6, 6.07) is 10.9. The predicted molar refractivity (Wildman–Crippen MR) is 77.0 cm³/mol. The van der Waals surface area contributed by atoms with Crippen LogP contribution in [-0.4, -0.2) is 4.92 Å². The number of nitrogens with zero attached hydrogens (tertiary/aromatic N) is 2. The van der Waals surface area contributed by atoms with Gasteiger partial charge >= 0.3 is 0 Å². The highest BCUT2D eigenvalue weighted by Crippen LogP contribution is 2.29. The van der Waals surface area contributed by atoms with Crippen molar-refractivity contribution in [3.05, 3.63) is 57.1 Å². The van der Waals surface area contributed by atoms with Gasteiger partial charge in [-0.1, -0.05) is 11.6 Å². The fourth-order valence-corrected chi connectivity index (χ4v) is 1.82. The van der Waals surface area contributed by atoms with E-state index in [2.05, 4.69) is 5.32 Å². The van der Waals surface area contributed by atoms with Gasteiger partial charge in [0.25, 0.3) is 5.69 Å². The number of benzene rings is 2. The topological polar surface area (TPSA) is 105 Å². The molecule has 2 rings (SSSR count). The largest absolute Gasteiger partial charge is 0.399 e. The van der Waals surface area contributed by atoms with E-state index in [9.17, 15) is 10.1 Å². The fraction of sp³-hybridized carbons (Fsp3) is 0. The van der Waals surface area contributed by atoms with Gasteiger partial charge in [0.05, 0.1) is 15.6 Å². The zero-order chi connectivity index (χ0) is 14.7. The van der Waals surface area contributed by atoms with E-state index in [1.165, 1.54) is 18.2 Å². The zero-order valence-corrected chi connectivity index (χ0v) is 10.9. The first kappa shape index (κ1) is 13.6. The lowest BCUT2D eigenvalue weighted by Crippen LogP contribution is -1.96. The lowest BCUT2D eigenvalue weighted by atomic mass is 10.1. The molecular weight excluding hydrogens is 280 g/mol. The molecule has 0 heterocycles. The molecule has 0 atom stereocenters. The summed E-state index contributed by atoms with van der Waals surface area (Å²) in [5.41, 5.74) is 6.99. The van der Waals surface area contributed by atoms with Crippen molar-refractivity contribution in [2.24, 2.45) is 0 Å². The second-order valence-corrected chi connectivity index (χ2v) is 4.37. The smallest absolute Gasteiger partial charge is 0.287 e. The van der Waals surface area contributed by atoms with Gasteiger partial charge in [-0.3, -0.25) is 10.1 Å². The molecule has 0 saturated carbocycles. The summed E-state index contributed by atoms with van der Waals surface area (Å²) in [4.78, 5) is 10.1. The maximum atomic E-state index is 10.7. The van der Waals surface area contributed by atoms with Gasteiger partial charge < -0.3 is 11.1 Å². The van der Waals surface area contributed by atoms with E-state index in [0.717, 1.165) is 0 Å². The van der Waals surface area contributed by atoms with E-state index >= 15 is 0 Å². The highest BCUT2D eigenvalue weighted by atomic mass is 35.5. The molecular formula is C13H9ClN4O2. The molecule has 100 valence electrons. The van der Waals surface area contributed by atoms with Gasteiger partial charge in [-0.15, -0.1) is 0 Å². The number of nitrogen functional groups attached to an aromatic ring is 1. The Bertz CT molecular complexity index is 725. The number of hydrogen-bond acceptors (Lipinski definition) is 5. The lowest BCUT2D eigenvalue weighted by Gasteiger charge is -2.09. The molecule has 0 spiro atoms. The monoisotopic (exact) mass is 288 g/mol. The second-order valence-electron chi connectivity index (χ2n) is 3.97. The molecule has 2 aromatic carbocycles. The van der Waals surface area contributed by atoms with Gasteiger partial charge in [0.15, 0.2) is 0 Å². The Kier molecular flexibility index (Phi) is 3.73. The third kappa shape index (κ3) is 2.79. The van der Waals surface area contributed by atoms with Gasteiger partial charge in [0.1, 0.15) is 11.6 Å². The van der Waals surface area contributed by atoms with Crippen LogP contribution in [0.5, 0.6) is 0 Å². The minimum absolute atomic E-state index is 0.0278. The van der Waals surface area contributed by atoms with Crippen LogP contribution in [0, 0.1) is 21.4 Å². The van der Waals surface area contributed by atoms with Crippen LogP contribution >= 0.6 is 11.6 Å². The predicted octanol–water partition coefficient (Wildman–Crippen LogP) is 3.45. The van der Waals surface area contributed by atoms with Crippen molar-refractivity contribution in [2.45, 2.75) is 0 Å². The van der Waals surface area contributed by atoms with Crippen LogP contribution in [0.2, 0.25) is 5.02 Å². The van der Waals surface area contributed by atoms with Gasteiger partial charge in [-0.2, -0.15) is 5.26 Å². The third-order valence-electron chi connectivity index (χ3n) is 2.58. The van der Waals surface area contributed by atoms with Crippen molar-refractivity contribution >= 4 is 34.4 Å². The summed E-state index contributed by atoms with van der Waals surface area (Å²) in [6.07, 6.45) is 0. The van der Waals surface area contributed by atoms with Gasteiger partial charge in [-0.05, 0) is 30.3 Å². The Labute approximate surface area is 119 Å². The number of nitrogens with two attached hydrogens (primary N) is 1. The molecule has 20 heavy (non-hydrogen) atoms. The molecule has 3 N–H and O–H groups in total. The number of nitrogens with one attached hydrogen (secondary N) is 1. The molecule has 6 nitrogen and oxygen atoms in total. The molecule has 0 saturated heterocycles. The number of anilines is 3. The second kappa shape index (κ2) is 5.47. The molecule has 0 radical (unpaired) electrons. The van der Waals surface area contributed by atoms with Crippen molar-refractivity contribution in [1.82, 2.24) is 0 Å². The van der Waals surface area contributed by atoms with Crippen LogP contribution in [0.15, 0.2) is 36.4 Å². The van der Waals surface area contributed by atoms with Crippen LogP contribution in [0.1, 0.15) is 5.56 Å². The number of hydrogen-bond donors (Lipinski definition) is 2. The Morgan fingerprint density at radius 1 is 1.30 bits per heavy atom. The van der Waals surface area contributed by atoms with E-state index in [-0.39, 0.29) is 11.3 Å². The average Bonchev–Trinajstić information content (AvgIpc) is 2.42. The molecule has 0 aliphatic carbocycles. The third-order valence-corrected chi connectivity index (χ3v) is 2.91. The van der Waals surface area contributed by atoms with E-state index < -0.39 is 4.92 Å². The molecule has 7 heteroatoms. The molecule has 0 fully saturated rings. The Morgan fingerprint density at radius 2 is 2.05 bits per heavy atom. The summed E-state index contributed by atoms with van der Waals surface area (Å²) >= 11 is 6.01. The summed E-state index contributed by atoms with van der Waals surface area (Å²) in [7, 11) is 0. The number of nitro groups is 1. The van der Waals surface area contributed by atoms with Crippen molar-refractivity contribution in [2.75, 3.05) is 11.1 Å². The van der Waals surface area contributed by atoms with Crippen LogP contribution in [0.4, 0.5) is 22.7 Å². The van der Waals surface area contributed by atoms with E-state index in [4.69, 9.17) is 22.6 Å². The average molecular weight is 289 g/mol. The molecule has 2 aromatic rings. The van der Waals surface area contributed by atoms with Crippen LogP contribution < -0.4 is 11.1 Å². The highest BCUT2D eigenvalue weighted by Gasteiger charge is 2.14. The van der Waals surface area contributed by atoms with E-state index in [0.29, 0.717) is 22.1 Å². The maximum Gasteiger partial charge on any atom is 0.287 e. The maximum absolute atomic E-state index is 10.7. The number of rotatable bonds is 3. The Morgan fingerprint density at radius 3 is 2.70 bits per heavy atom. The van der Waals surface area contributed by atoms with Crippen LogP contribution in [-0.2, 0) is 0 Å². The minimum atomic E-state index is -0.601. The quantitative estimate of drug-likeness (QED) is 0.511. The van der Waals surface area contributed by atoms with Crippen LogP contribution in [0.3, 0.4) is 0 Å². The molecule has 0 amide bonds.